The average Bonchev–Trinajstić information content (AvgIpc) is 3.24. The van der Waals surface area contributed by atoms with Crippen molar-refractivity contribution in [2.75, 3.05) is 7.11 Å². The van der Waals surface area contributed by atoms with Crippen molar-refractivity contribution in [3.63, 3.8) is 0 Å². The van der Waals surface area contributed by atoms with Crippen LogP contribution < -0.4 is 5.32 Å². The summed E-state index contributed by atoms with van der Waals surface area (Å²) >= 11 is 0. The molecule has 0 saturated heterocycles. The molecule has 4 heteroatoms. The van der Waals surface area contributed by atoms with Crippen LogP contribution in [0.1, 0.15) is 95.8 Å². The zero-order valence-corrected chi connectivity index (χ0v) is 20.5. The Labute approximate surface area is 194 Å². The first-order valence-electron chi connectivity index (χ1n) is 12.9. The number of nitrogens with one attached hydrogen (secondary N) is 1. The fraction of sp³-hybridized carbons (Fsp3) is 0.750. The van der Waals surface area contributed by atoms with E-state index in [0.717, 1.165) is 50.8 Å². The van der Waals surface area contributed by atoms with Crippen LogP contribution in [-0.2, 0) is 22.5 Å². The molecule has 1 heterocycles. The van der Waals surface area contributed by atoms with Crippen molar-refractivity contribution in [2.24, 2.45) is 22.7 Å². The Morgan fingerprint density at radius 2 is 1.97 bits per heavy atom. The molecule has 1 N–H and O–H groups in total. The van der Waals surface area contributed by atoms with E-state index >= 15 is 0 Å². The maximum absolute atomic E-state index is 12.8. The average molecular weight is 442 g/mol. The lowest BCUT2D eigenvalue weighted by atomic mass is 9.46. The molecule has 1 aromatic heterocycles. The molecule has 4 rings (SSSR count). The molecule has 0 unspecified atom stereocenters. The smallest absolute Gasteiger partial charge is 0.311 e. The number of fused-ring (bicyclic) bond motifs is 1. The van der Waals surface area contributed by atoms with Gasteiger partial charge >= 0.3 is 5.97 Å². The molecular formula is C28H43NO3. The van der Waals surface area contributed by atoms with E-state index in [0.29, 0.717) is 17.9 Å². The second-order valence-corrected chi connectivity index (χ2v) is 11.2. The highest BCUT2D eigenvalue weighted by molar-refractivity contribution is 5.77. The molecule has 0 spiro atoms. The molecule has 3 aliphatic rings. The summed E-state index contributed by atoms with van der Waals surface area (Å²) in [5.74, 6) is 1.88. The van der Waals surface area contributed by atoms with Crippen LogP contribution in [0.5, 0.6) is 0 Å². The fourth-order valence-electron chi connectivity index (χ4n) is 7.55. The number of aryl methyl sites for hydroxylation is 1. The Morgan fingerprint density at radius 1 is 1.19 bits per heavy atom. The van der Waals surface area contributed by atoms with Crippen molar-refractivity contribution < 1.29 is 13.9 Å². The molecule has 3 fully saturated rings. The maximum Gasteiger partial charge on any atom is 0.311 e. The third-order valence-electron chi connectivity index (χ3n) is 9.37. The molecule has 3 saturated carbocycles. The normalized spacial score (nSPS) is 33.7. The van der Waals surface area contributed by atoms with Crippen molar-refractivity contribution in [1.82, 2.24) is 5.32 Å². The molecule has 0 radical (unpaired) electrons. The molecule has 0 aromatic carbocycles. The van der Waals surface area contributed by atoms with Gasteiger partial charge in [0.05, 0.1) is 25.3 Å². The lowest BCUT2D eigenvalue weighted by Gasteiger charge is -2.57. The van der Waals surface area contributed by atoms with E-state index in [-0.39, 0.29) is 16.8 Å². The quantitative estimate of drug-likeness (QED) is 0.383. The number of ether oxygens (including phenoxy) is 1. The monoisotopic (exact) mass is 441 g/mol. The lowest BCUT2D eigenvalue weighted by Crippen LogP contribution is -2.53. The molecule has 4 atom stereocenters. The molecule has 0 bridgehead atoms. The minimum Gasteiger partial charge on any atom is -0.469 e. The van der Waals surface area contributed by atoms with Crippen molar-refractivity contribution in [1.29, 1.82) is 0 Å². The predicted octanol–water partition coefficient (Wildman–Crippen LogP) is 6.59. The largest absolute Gasteiger partial charge is 0.469 e. The molecule has 1 aromatic rings. The van der Waals surface area contributed by atoms with Crippen LogP contribution in [-0.4, -0.2) is 19.1 Å². The summed E-state index contributed by atoms with van der Waals surface area (Å²) in [6.45, 7) is 9.92. The molecule has 4 nitrogen and oxygen atoms in total. The maximum atomic E-state index is 12.8. The summed E-state index contributed by atoms with van der Waals surface area (Å²) in [6.07, 6.45) is 15.9. The van der Waals surface area contributed by atoms with Crippen molar-refractivity contribution >= 4 is 5.97 Å². The van der Waals surface area contributed by atoms with E-state index in [1.54, 1.807) is 7.11 Å². The number of carbonyl (C=O) groups is 1. The Kier molecular flexibility index (Phi) is 7.19. The third kappa shape index (κ3) is 4.44. The Hall–Kier alpha value is -1.55. The van der Waals surface area contributed by atoms with Crippen LogP contribution in [0.2, 0.25) is 0 Å². The third-order valence-corrected chi connectivity index (χ3v) is 9.37. The van der Waals surface area contributed by atoms with Gasteiger partial charge < -0.3 is 14.5 Å². The van der Waals surface area contributed by atoms with Crippen molar-refractivity contribution in [3.8, 4) is 0 Å². The molecule has 32 heavy (non-hydrogen) atoms. The molecule has 178 valence electrons. The standard InChI is InChI=1S/C28H43NO3/c1-20-11-14-25-27(2,16-8-17-28(25,3)26(30)31-4)23(20)13-12-21-15-18-32-24(21)19-29-22-9-6-5-7-10-22/h15,18,22-23,25,29H,1,5-14,16-17,19H2,2-4H3/t23-,25+,27+,28-/m0/s1. The number of allylic oxidation sites excluding steroid dienone is 1. The van der Waals surface area contributed by atoms with E-state index in [4.69, 9.17) is 9.15 Å². The van der Waals surface area contributed by atoms with Gasteiger partial charge in [-0.1, -0.05) is 44.8 Å². The van der Waals surface area contributed by atoms with Gasteiger partial charge in [-0.15, -0.1) is 0 Å². The molecule has 0 amide bonds. The van der Waals surface area contributed by atoms with Gasteiger partial charge in [-0.05, 0) is 87.2 Å². The van der Waals surface area contributed by atoms with Crippen LogP contribution in [0, 0.1) is 22.7 Å². The Balaban J connectivity index is 1.44. The lowest BCUT2D eigenvalue weighted by molar-refractivity contribution is -0.168. The first-order chi connectivity index (χ1) is 15.4. The minimum absolute atomic E-state index is 0.0226. The van der Waals surface area contributed by atoms with Gasteiger partial charge in [-0.2, -0.15) is 0 Å². The first kappa shape index (κ1) is 23.6. The Morgan fingerprint density at radius 3 is 2.72 bits per heavy atom. The molecular weight excluding hydrogens is 398 g/mol. The summed E-state index contributed by atoms with van der Waals surface area (Å²) in [4.78, 5) is 12.8. The van der Waals surface area contributed by atoms with E-state index in [9.17, 15) is 4.79 Å². The van der Waals surface area contributed by atoms with E-state index < -0.39 is 0 Å². The summed E-state index contributed by atoms with van der Waals surface area (Å²) in [6, 6.07) is 2.79. The van der Waals surface area contributed by atoms with E-state index in [2.05, 4.69) is 31.8 Å². The van der Waals surface area contributed by atoms with Gasteiger partial charge in [0.1, 0.15) is 5.76 Å². The van der Waals surface area contributed by atoms with Gasteiger partial charge in [0.15, 0.2) is 0 Å². The molecule has 0 aliphatic heterocycles. The Bertz CT molecular complexity index is 807. The minimum atomic E-state index is -0.370. The summed E-state index contributed by atoms with van der Waals surface area (Å²) < 4.78 is 11.2. The highest BCUT2D eigenvalue weighted by atomic mass is 16.5. The number of furan rings is 1. The number of hydrogen-bond acceptors (Lipinski definition) is 4. The highest BCUT2D eigenvalue weighted by Crippen LogP contribution is 2.62. The van der Waals surface area contributed by atoms with Gasteiger partial charge in [0.2, 0.25) is 0 Å². The van der Waals surface area contributed by atoms with Crippen LogP contribution >= 0.6 is 0 Å². The van der Waals surface area contributed by atoms with E-state index in [1.165, 1.54) is 49.7 Å². The first-order valence-corrected chi connectivity index (χ1v) is 12.9. The van der Waals surface area contributed by atoms with Crippen LogP contribution in [0.25, 0.3) is 0 Å². The van der Waals surface area contributed by atoms with Gasteiger partial charge in [-0.3, -0.25) is 4.79 Å². The van der Waals surface area contributed by atoms with Crippen LogP contribution in [0.3, 0.4) is 0 Å². The predicted molar refractivity (Wildman–Crippen MR) is 128 cm³/mol. The zero-order chi connectivity index (χ0) is 22.8. The number of esters is 1. The van der Waals surface area contributed by atoms with Crippen LogP contribution in [0.4, 0.5) is 0 Å². The number of methoxy groups -OCH3 is 1. The SMILES string of the molecule is C=C1CC[C@@H]2[C@](C)(CCC[C@]2(C)C(=O)OC)[C@H]1CCc1ccoc1CNC1CCCCC1. The van der Waals surface area contributed by atoms with Crippen molar-refractivity contribution in [2.45, 2.75) is 103 Å². The molecule has 3 aliphatic carbocycles. The number of carbonyl (C=O) groups excluding carboxylic acids is 1. The van der Waals surface area contributed by atoms with Crippen LogP contribution in [0.15, 0.2) is 28.9 Å². The second kappa shape index (κ2) is 9.75. The van der Waals surface area contributed by atoms with E-state index in [1.807, 2.05) is 6.26 Å². The second-order valence-electron chi connectivity index (χ2n) is 11.2. The number of rotatable bonds is 7. The topological polar surface area (TPSA) is 51.5 Å². The van der Waals surface area contributed by atoms with Gasteiger partial charge in [-0.25, -0.2) is 0 Å². The highest BCUT2D eigenvalue weighted by Gasteiger charge is 2.57. The summed E-state index contributed by atoms with van der Waals surface area (Å²) in [7, 11) is 1.54. The summed E-state index contributed by atoms with van der Waals surface area (Å²) in [5.41, 5.74) is 2.45. The van der Waals surface area contributed by atoms with Gasteiger partial charge in [0.25, 0.3) is 0 Å². The summed E-state index contributed by atoms with van der Waals surface area (Å²) in [5, 5.41) is 3.73. The van der Waals surface area contributed by atoms with Gasteiger partial charge in [0, 0.05) is 6.04 Å². The fourth-order valence-corrected chi connectivity index (χ4v) is 7.55. The zero-order valence-electron chi connectivity index (χ0n) is 20.5. The van der Waals surface area contributed by atoms with Crippen molar-refractivity contribution in [3.05, 3.63) is 35.8 Å². The number of hydrogen-bond donors (Lipinski definition) is 1.